The van der Waals surface area contributed by atoms with Gasteiger partial charge >= 0.3 is 6.03 Å². The number of nitrogens with zero attached hydrogens (tertiary/aromatic N) is 1. The van der Waals surface area contributed by atoms with Gasteiger partial charge in [0.1, 0.15) is 0 Å². The van der Waals surface area contributed by atoms with Crippen molar-refractivity contribution in [1.29, 1.82) is 0 Å². The third-order valence-electron chi connectivity index (χ3n) is 3.92. The van der Waals surface area contributed by atoms with Gasteiger partial charge in [0.2, 0.25) is 0 Å². The minimum absolute atomic E-state index is 0.359. The van der Waals surface area contributed by atoms with Crippen molar-refractivity contribution >= 4 is 11.7 Å². The van der Waals surface area contributed by atoms with Gasteiger partial charge in [-0.2, -0.15) is 5.10 Å². The molecule has 3 N–H and O–H groups in total. The summed E-state index contributed by atoms with van der Waals surface area (Å²) in [6.07, 6.45) is 3.53. The number of urea groups is 1. The molecule has 2 atom stereocenters. The summed E-state index contributed by atoms with van der Waals surface area (Å²) >= 11 is 0. The molecular weight excluding hydrogens is 178 g/mol. The van der Waals surface area contributed by atoms with Gasteiger partial charge in [0.05, 0.1) is 0 Å². The second kappa shape index (κ2) is 2.97. The van der Waals surface area contributed by atoms with E-state index in [9.17, 15) is 4.79 Å². The highest BCUT2D eigenvalue weighted by Crippen LogP contribution is 2.55. The Morgan fingerprint density at radius 2 is 2.29 bits per heavy atom. The molecule has 2 unspecified atom stereocenters. The number of primary amides is 1. The fourth-order valence-electron chi connectivity index (χ4n) is 3.00. The van der Waals surface area contributed by atoms with Crippen LogP contribution in [0.3, 0.4) is 0 Å². The van der Waals surface area contributed by atoms with E-state index in [2.05, 4.69) is 24.4 Å². The topological polar surface area (TPSA) is 67.5 Å². The van der Waals surface area contributed by atoms with Crippen molar-refractivity contribution in [2.24, 2.45) is 28.1 Å². The van der Waals surface area contributed by atoms with Crippen LogP contribution in [-0.4, -0.2) is 11.7 Å². The molecule has 78 valence electrons. The van der Waals surface area contributed by atoms with Crippen LogP contribution in [0.15, 0.2) is 5.10 Å². The highest BCUT2D eigenvalue weighted by molar-refractivity contribution is 5.91. The van der Waals surface area contributed by atoms with E-state index in [1.165, 1.54) is 12.8 Å². The molecule has 0 aromatic carbocycles. The van der Waals surface area contributed by atoms with Crippen molar-refractivity contribution < 1.29 is 4.79 Å². The lowest BCUT2D eigenvalue weighted by atomic mass is 9.82. The zero-order chi connectivity index (χ0) is 10.3. The number of nitrogens with one attached hydrogen (secondary N) is 1. The van der Waals surface area contributed by atoms with Gasteiger partial charge < -0.3 is 5.73 Å². The lowest BCUT2D eigenvalue weighted by molar-refractivity contribution is 0.249. The van der Waals surface area contributed by atoms with Crippen LogP contribution in [0.5, 0.6) is 0 Å². The Hall–Kier alpha value is -1.06. The molecule has 0 spiro atoms. The molecule has 2 aliphatic rings. The van der Waals surface area contributed by atoms with Gasteiger partial charge in [-0.05, 0) is 30.6 Å². The second-order valence-electron chi connectivity index (χ2n) is 4.93. The van der Waals surface area contributed by atoms with E-state index >= 15 is 0 Å². The van der Waals surface area contributed by atoms with E-state index in [-0.39, 0.29) is 0 Å². The Labute approximate surface area is 83.9 Å². The average molecular weight is 195 g/mol. The Morgan fingerprint density at radius 3 is 2.71 bits per heavy atom. The number of carbonyl (C=O) groups is 1. The van der Waals surface area contributed by atoms with Crippen LogP contribution in [0, 0.1) is 17.3 Å². The molecule has 2 bridgehead atoms. The van der Waals surface area contributed by atoms with Gasteiger partial charge in [-0.1, -0.05) is 13.8 Å². The highest BCUT2D eigenvalue weighted by Gasteiger charge is 2.51. The summed E-state index contributed by atoms with van der Waals surface area (Å²) in [5, 5.41) is 4.09. The monoisotopic (exact) mass is 195 g/mol. The van der Waals surface area contributed by atoms with E-state index in [4.69, 9.17) is 5.73 Å². The Balaban J connectivity index is 2.12. The molecule has 2 aliphatic carbocycles. The van der Waals surface area contributed by atoms with Gasteiger partial charge in [-0.15, -0.1) is 0 Å². The molecule has 2 saturated carbocycles. The van der Waals surface area contributed by atoms with Crippen molar-refractivity contribution in [3.05, 3.63) is 0 Å². The lowest BCUT2D eigenvalue weighted by Crippen LogP contribution is -2.27. The first-order valence-electron chi connectivity index (χ1n) is 5.13. The maximum atomic E-state index is 10.5. The first kappa shape index (κ1) is 9.49. The van der Waals surface area contributed by atoms with Crippen LogP contribution in [0.4, 0.5) is 4.79 Å². The predicted molar refractivity (Wildman–Crippen MR) is 54.8 cm³/mol. The molecule has 0 saturated heterocycles. The number of fused-ring (bicyclic) bond motifs is 2. The molecule has 2 fully saturated rings. The zero-order valence-electron chi connectivity index (χ0n) is 8.71. The molecule has 0 radical (unpaired) electrons. The normalized spacial score (nSPS) is 36.3. The molecule has 2 rings (SSSR count). The Morgan fingerprint density at radius 1 is 1.57 bits per heavy atom. The van der Waals surface area contributed by atoms with Crippen LogP contribution >= 0.6 is 0 Å². The maximum absolute atomic E-state index is 10.5. The predicted octanol–water partition coefficient (Wildman–Crippen LogP) is 1.47. The number of rotatable bonds is 1. The average Bonchev–Trinajstić information content (AvgIpc) is 2.52. The number of hydrogen-bond acceptors (Lipinski definition) is 2. The second-order valence-corrected chi connectivity index (χ2v) is 4.93. The van der Waals surface area contributed by atoms with E-state index in [0.29, 0.717) is 11.3 Å². The van der Waals surface area contributed by atoms with Gasteiger partial charge in [0, 0.05) is 11.6 Å². The van der Waals surface area contributed by atoms with Crippen molar-refractivity contribution in [3.63, 3.8) is 0 Å². The van der Waals surface area contributed by atoms with Gasteiger partial charge in [0.25, 0.3) is 0 Å². The summed E-state index contributed by atoms with van der Waals surface area (Å²) in [6, 6.07) is -0.571. The number of nitrogens with two attached hydrogens (primary N) is 1. The minimum Gasteiger partial charge on any atom is -0.350 e. The number of carbonyl (C=O) groups excluding carboxylic acids is 1. The van der Waals surface area contributed by atoms with Crippen molar-refractivity contribution in [2.45, 2.75) is 33.1 Å². The van der Waals surface area contributed by atoms with Crippen LogP contribution in [0.1, 0.15) is 33.1 Å². The van der Waals surface area contributed by atoms with Crippen LogP contribution in [-0.2, 0) is 0 Å². The van der Waals surface area contributed by atoms with E-state index in [1.807, 2.05) is 0 Å². The summed E-state index contributed by atoms with van der Waals surface area (Å²) in [6.45, 7) is 4.59. The fourth-order valence-corrected chi connectivity index (χ4v) is 3.00. The maximum Gasteiger partial charge on any atom is 0.332 e. The largest absolute Gasteiger partial charge is 0.350 e. The third-order valence-corrected chi connectivity index (χ3v) is 3.92. The molecule has 0 aliphatic heterocycles. The van der Waals surface area contributed by atoms with E-state index in [1.54, 1.807) is 0 Å². The van der Waals surface area contributed by atoms with Gasteiger partial charge in [0.15, 0.2) is 0 Å². The summed E-state index contributed by atoms with van der Waals surface area (Å²) in [4.78, 5) is 10.5. The van der Waals surface area contributed by atoms with Crippen LogP contribution in [0.25, 0.3) is 0 Å². The number of hydrazone groups is 1. The molecule has 0 heterocycles. The molecular formula is C10H17N3O. The Kier molecular flexibility index (Phi) is 2.01. The van der Waals surface area contributed by atoms with Gasteiger partial charge in [-0.3, -0.25) is 0 Å². The molecule has 0 aromatic rings. The number of amides is 2. The molecule has 4 nitrogen and oxygen atoms in total. The van der Waals surface area contributed by atoms with Crippen molar-refractivity contribution in [2.75, 3.05) is 0 Å². The summed E-state index contributed by atoms with van der Waals surface area (Å²) in [5.74, 6) is 1.28. The SMILES string of the molecule is CC1(C)C2CCC1/C(=N/NC(N)=O)C2. The number of hydrogen-bond donors (Lipinski definition) is 2. The molecule has 14 heavy (non-hydrogen) atoms. The summed E-state index contributed by atoms with van der Waals surface area (Å²) in [5.41, 5.74) is 8.81. The van der Waals surface area contributed by atoms with Crippen LogP contribution in [0.2, 0.25) is 0 Å². The fraction of sp³-hybridized carbons (Fsp3) is 0.800. The summed E-state index contributed by atoms with van der Waals surface area (Å²) in [7, 11) is 0. The molecule has 2 amide bonds. The van der Waals surface area contributed by atoms with Crippen molar-refractivity contribution in [1.82, 2.24) is 5.43 Å². The minimum atomic E-state index is -0.571. The standard InChI is InChI=1S/C10H17N3O/c1-10(2)6-3-4-7(10)8(5-6)12-13-9(11)14/h6-7H,3-5H2,1-2H3,(H3,11,13,14)/b12-8+. The first-order valence-corrected chi connectivity index (χ1v) is 5.13. The third kappa shape index (κ3) is 1.29. The quantitative estimate of drug-likeness (QED) is 0.611. The first-order chi connectivity index (χ1) is 6.51. The highest BCUT2D eigenvalue weighted by atomic mass is 16.2. The van der Waals surface area contributed by atoms with Crippen LogP contribution < -0.4 is 11.2 Å². The van der Waals surface area contributed by atoms with Gasteiger partial charge in [-0.25, -0.2) is 10.2 Å². The summed E-state index contributed by atoms with van der Waals surface area (Å²) < 4.78 is 0. The van der Waals surface area contributed by atoms with Crippen molar-refractivity contribution in [3.8, 4) is 0 Å². The van der Waals surface area contributed by atoms with E-state index < -0.39 is 6.03 Å². The lowest BCUT2D eigenvalue weighted by Gasteiger charge is -2.22. The molecule has 0 aromatic heterocycles. The zero-order valence-corrected chi connectivity index (χ0v) is 8.71. The smallest absolute Gasteiger partial charge is 0.332 e. The molecule has 4 heteroatoms. The Bertz CT molecular complexity index is 296. The van der Waals surface area contributed by atoms with E-state index in [0.717, 1.165) is 18.1 Å².